The van der Waals surface area contributed by atoms with Crippen LogP contribution in [0.1, 0.15) is 56.9 Å². The number of benzene rings is 2. The smallest absolute Gasteiger partial charge is 0.331 e. The molecule has 1 fully saturated rings. The monoisotopic (exact) mass is 490 g/mol. The van der Waals surface area contributed by atoms with Crippen LogP contribution in [0, 0.1) is 6.92 Å². The van der Waals surface area contributed by atoms with Gasteiger partial charge in [-0.25, -0.2) is 4.79 Å². The maximum absolute atomic E-state index is 13.3. The van der Waals surface area contributed by atoms with E-state index in [0.29, 0.717) is 35.9 Å². The number of hydrogen-bond acceptors (Lipinski definition) is 4. The molecular formula is C28H34N4O4. The average Bonchev–Trinajstić information content (AvgIpc) is 2.88. The predicted octanol–water partition coefficient (Wildman–Crippen LogP) is 3.73. The number of carbonyl (C=O) groups is 2. The second-order valence-electron chi connectivity index (χ2n) is 9.57. The van der Waals surface area contributed by atoms with Gasteiger partial charge >= 0.3 is 5.69 Å². The summed E-state index contributed by atoms with van der Waals surface area (Å²) >= 11 is 0. The minimum Gasteiger partial charge on any atom is -0.353 e. The van der Waals surface area contributed by atoms with Crippen molar-refractivity contribution in [3.05, 3.63) is 74.9 Å². The highest BCUT2D eigenvalue weighted by atomic mass is 16.2. The molecule has 0 radical (unpaired) electrons. The van der Waals surface area contributed by atoms with Crippen molar-refractivity contribution in [2.75, 3.05) is 5.32 Å². The molecule has 8 heteroatoms. The van der Waals surface area contributed by atoms with E-state index in [1.165, 1.54) is 15.6 Å². The summed E-state index contributed by atoms with van der Waals surface area (Å²) < 4.78 is 2.53. The van der Waals surface area contributed by atoms with E-state index in [9.17, 15) is 19.2 Å². The van der Waals surface area contributed by atoms with E-state index in [0.717, 1.165) is 31.2 Å². The molecule has 2 amide bonds. The van der Waals surface area contributed by atoms with Gasteiger partial charge < -0.3 is 10.6 Å². The van der Waals surface area contributed by atoms with Gasteiger partial charge in [-0.15, -0.1) is 0 Å². The Balaban J connectivity index is 1.46. The maximum atomic E-state index is 13.3. The van der Waals surface area contributed by atoms with Crippen LogP contribution in [0.4, 0.5) is 5.69 Å². The Morgan fingerprint density at radius 3 is 2.39 bits per heavy atom. The van der Waals surface area contributed by atoms with Gasteiger partial charge in [0.2, 0.25) is 11.8 Å². The Morgan fingerprint density at radius 2 is 1.61 bits per heavy atom. The van der Waals surface area contributed by atoms with Crippen LogP contribution in [-0.4, -0.2) is 27.0 Å². The molecule has 0 spiro atoms. The molecule has 36 heavy (non-hydrogen) atoms. The zero-order chi connectivity index (χ0) is 25.5. The molecule has 1 saturated carbocycles. The number of nitrogens with one attached hydrogen (secondary N) is 2. The van der Waals surface area contributed by atoms with Crippen LogP contribution in [0.25, 0.3) is 10.9 Å². The molecule has 0 bridgehead atoms. The Hall–Kier alpha value is -3.68. The molecule has 1 heterocycles. The van der Waals surface area contributed by atoms with Crippen molar-refractivity contribution in [1.82, 2.24) is 14.5 Å². The van der Waals surface area contributed by atoms with E-state index in [1.807, 2.05) is 25.1 Å². The fourth-order valence-corrected chi connectivity index (χ4v) is 4.87. The molecule has 8 nitrogen and oxygen atoms in total. The first-order valence-corrected chi connectivity index (χ1v) is 12.8. The van der Waals surface area contributed by atoms with Crippen LogP contribution in [0.3, 0.4) is 0 Å². The lowest BCUT2D eigenvalue weighted by molar-refractivity contribution is -0.122. The number of aryl methyl sites for hydroxylation is 1. The normalized spacial score (nSPS) is 14.0. The van der Waals surface area contributed by atoms with Gasteiger partial charge in [-0.3, -0.25) is 23.5 Å². The van der Waals surface area contributed by atoms with Crippen LogP contribution in [0.5, 0.6) is 0 Å². The van der Waals surface area contributed by atoms with Crippen LogP contribution < -0.4 is 21.9 Å². The van der Waals surface area contributed by atoms with E-state index < -0.39 is 5.69 Å². The number of anilines is 1. The van der Waals surface area contributed by atoms with Crippen molar-refractivity contribution in [2.45, 2.75) is 77.4 Å². The molecule has 2 aromatic carbocycles. The number of carbonyl (C=O) groups excluding carboxylic acids is 2. The number of para-hydroxylation sites is 2. The molecule has 1 aliphatic carbocycles. The van der Waals surface area contributed by atoms with Gasteiger partial charge in [0.25, 0.3) is 5.56 Å². The Kier molecular flexibility index (Phi) is 8.36. The molecule has 3 aromatic rings. The second-order valence-corrected chi connectivity index (χ2v) is 9.57. The minimum atomic E-state index is -0.523. The summed E-state index contributed by atoms with van der Waals surface area (Å²) in [6, 6.07) is 14.5. The van der Waals surface area contributed by atoms with Crippen LogP contribution in [0.15, 0.2) is 58.1 Å². The van der Waals surface area contributed by atoms with Gasteiger partial charge in [0.05, 0.1) is 10.9 Å². The van der Waals surface area contributed by atoms with Crippen molar-refractivity contribution in [1.29, 1.82) is 0 Å². The third-order valence-electron chi connectivity index (χ3n) is 6.86. The fraction of sp³-hybridized carbons (Fsp3) is 0.429. The van der Waals surface area contributed by atoms with E-state index in [2.05, 4.69) is 10.6 Å². The SMILES string of the molecule is Cc1ccccc1NC(=O)Cn1c(=O)n(CCCCC(=O)NC2CCCCC2)c(=O)c2ccccc21. The Bertz CT molecular complexity index is 1350. The highest BCUT2D eigenvalue weighted by Gasteiger charge is 2.17. The molecule has 0 unspecified atom stereocenters. The molecule has 0 saturated heterocycles. The zero-order valence-electron chi connectivity index (χ0n) is 20.8. The highest BCUT2D eigenvalue weighted by molar-refractivity contribution is 5.92. The van der Waals surface area contributed by atoms with E-state index in [4.69, 9.17) is 0 Å². The lowest BCUT2D eigenvalue weighted by Gasteiger charge is -2.22. The fourth-order valence-electron chi connectivity index (χ4n) is 4.87. The summed E-state index contributed by atoms with van der Waals surface area (Å²) in [5.41, 5.74) is 1.12. The molecule has 190 valence electrons. The van der Waals surface area contributed by atoms with Gasteiger partial charge in [-0.2, -0.15) is 0 Å². The second kappa shape index (κ2) is 11.8. The van der Waals surface area contributed by atoms with E-state index in [1.54, 1.807) is 30.3 Å². The van der Waals surface area contributed by atoms with E-state index in [-0.39, 0.29) is 36.5 Å². The number of fused-ring (bicyclic) bond motifs is 1. The molecule has 4 rings (SSSR count). The number of rotatable bonds is 9. The van der Waals surface area contributed by atoms with Crippen molar-refractivity contribution < 1.29 is 9.59 Å². The van der Waals surface area contributed by atoms with Crippen LogP contribution >= 0.6 is 0 Å². The van der Waals surface area contributed by atoms with Crippen LogP contribution in [0.2, 0.25) is 0 Å². The largest absolute Gasteiger partial charge is 0.353 e. The summed E-state index contributed by atoms with van der Waals surface area (Å²) in [5, 5.41) is 6.34. The standard InChI is InChI=1S/C28H34N4O4/c1-20-11-5-7-15-23(20)30-26(34)19-32-24-16-8-6-14-22(24)27(35)31(28(32)36)18-10-9-17-25(33)29-21-12-3-2-4-13-21/h5-8,11,14-16,21H,2-4,9-10,12-13,17-19H2,1H3,(H,29,33)(H,30,34). The Labute approximate surface area is 210 Å². The van der Waals surface area contributed by atoms with Gasteiger partial charge in [-0.1, -0.05) is 49.6 Å². The van der Waals surface area contributed by atoms with E-state index >= 15 is 0 Å². The van der Waals surface area contributed by atoms with Crippen LogP contribution in [-0.2, 0) is 22.7 Å². The average molecular weight is 491 g/mol. The first-order valence-electron chi connectivity index (χ1n) is 12.8. The lowest BCUT2D eigenvalue weighted by Crippen LogP contribution is -2.42. The summed E-state index contributed by atoms with van der Waals surface area (Å²) in [4.78, 5) is 51.5. The van der Waals surface area contributed by atoms with Gasteiger partial charge in [0.1, 0.15) is 6.54 Å². The highest BCUT2D eigenvalue weighted by Crippen LogP contribution is 2.18. The third kappa shape index (κ3) is 6.11. The lowest BCUT2D eigenvalue weighted by atomic mass is 9.95. The number of hydrogen-bond donors (Lipinski definition) is 2. The van der Waals surface area contributed by atoms with Crippen molar-refractivity contribution in [3.63, 3.8) is 0 Å². The number of aromatic nitrogens is 2. The Morgan fingerprint density at radius 1 is 0.889 bits per heavy atom. The summed E-state index contributed by atoms with van der Waals surface area (Å²) in [7, 11) is 0. The number of amides is 2. The third-order valence-corrected chi connectivity index (χ3v) is 6.86. The minimum absolute atomic E-state index is 0.0260. The van der Waals surface area contributed by atoms with Gasteiger partial charge in [0, 0.05) is 24.7 Å². The van der Waals surface area contributed by atoms with Crippen molar-refractivity contribution in [3.8, 4) is 0 Å². The predicted molar refractivity (Wildman–Crippen MR) is 141 cm³/mol. The molecular weight excluding hydrogens is 456 g/mol. The van der Waals surface area contributed by atoms with Gasteiger partial charge in [0.15, 0.2) is 0 Å². The zero-order valence-corrected chi connectivity index (χ0v) is 20.8. The summed E-state index contributed by atoms with van der Waals surface area (Å²) in [6.07, 6.45) is 7.08. The maximum Gasteiger partial charge on any atom is 0.331 e. The quantitative estimate of drug-likeness (QED) is 0.446. The molecule has 0 atom stereocenters. The number of unbranched alkanes of at least 4 members (excludes halogenated alkanes) is 1. The summed E-state index contributed by atoms with van der Waals surface area (Å²) in [6.45, 7) is 1.88. The first-order chi connectivity index (χ1) is 17.4. The summed E-state index contributed by atoms with van der Waals surface area (Å²) in [5.74, 6) is -0.320. The molecule has 1 aliphatic rings. The first kappa shape index (κ1) is 25.4. The number of nitrogens with zero attached hydrogens (tertiary/aromatic N) is 2. The van der Waals surface area contributed by atoms with Crippen molar-refractivity contribution in [2.24, 2.45) is 0 Å². The van der Waals surface area contributed by atoms with Crippen molar-refractivity contribution >= 4 is 28.4 Å². The topological polar surface area (TPSA) is 102 Å². The molecule has 0 aliphatic heterocycles. The van der Waals surface area contributed by atoms with Gasteiger partial charge in [-0.05, 0) is 56.4 Å². The molecule has 1 aromatic heterocycles. The molecule has 2 N–H and O–H groups in total.